The van der Waals surface area contributed by atoms with E-state index in [1.54, 1.807) is 6.08 Å². The second-order valence-electron chi connectivity index (χ2n) is 15.1. The van der Waals surface area contributed by atoms with Gasteiger partial charge in [-0.25, -0.2) is 9.13 Å². The maximum Gasteiger partial charge on any atom is 0.472 e. The first-order chi connectivity index (χ1) is 28.2. The van der Waals surface area contributed by atoms with Crippen LogP contribution < -0.4 is 0 Å². The van der Waals surface area contributed by atoms with Crippen LogP contribution in [0.2, 0.25) is 0 Å². The number of hydrogen-bond acceptors (Lipinski definition) is 11. The lowest BCUT2D eigenvalue weighted by molar-refractivity contribution is -0.161. The van der Waals surface area contributed by atoms with Crippen LogP contribution in [0, 0.1) is 5.92 Å². The lowest BCUT2D eigenvalue weighted by Crippen LogP contribution is -2.29. The molecule has 0 aromatic rings. The van der Waals surface area contributed by atoms with Crippen molar-refractivity contribution in [3.63, 3.8) is 0 Å². The SMILES string of the molecule is CCCCC[C@H](O)/C=C/C=C\C/C=C\C/C=C\CCCC(=O)O[C@H](COC(=O)CCCCCCCCCCCCC(C)CC)COP(=O)(O)OC[C@@H](O)COP(=O)(O)O. The summed E-state index contributed by atoms with van der Waals surface area (Å²) in [5.41, 5.74) is 0. The van der Waals surface area contributed by atoms with E-state index in [9.17, 15) is 33.8 Å². The van der Waals surface area contributed by atoms with Crippen LogP contribution in [0.1, 0.15) is 162 Å². The second kappa shape index (κ2) is 37.8. The van der Waals surface area contributed by atoms with Crippen LogP contribution in [0.4, 0.5) is 0 Å². The minimum absolute atomic E-state index is 0.0352. The Bertz CT molecular complexity index is 1260. The smallest absolute Gasteiger partial charge is 0.462 e. The molecule has 0 radical (unpaired) electrons. The van der Waals surface area contributed by atoms with Gasteiger partial charge in [0.25, 0.3) is 0 Å². The summed E-state index contributed by atoms with van der Waals surface area (Å²) in [5, 5.41) is 19.6. The monoisotopic (exact) mass is 880 g/mol. The Morgan fingerprint density at radius 1 is 0.610 bits per heavy atom. The molecule has 0 aliphatic carbocycles. The number of allylic oxidation sites excluding steroid dienone is 7. The third-order valence-corrected chi connectivity index (χ3v) is 10.8. The van der Waals surface area contributed by atoms with Gasteiger partial charge >= 0.3 is 27.6 Å². The molecule has 5 N–H and O–H groups in total. The Hall–Kier alpha value is -1.96. The van der Waals surface area contributed by atoms with Crippen molar-refractivity contribution in [2.75, 3.05) is 26.4 Å². The molecular formula is C43H78O14P2. The fourth-order valence-electron chi connectivity index (χ4n) is 5.60. The lowest BCUT2D eigenvalue weighted by Gasteiger charge is -2.20. The van der Waals surface area contributed by atoms with Crippen LogP contribution in [-0.2, 0) is 41.8 Å². The van der Waals surface area contributed by atoms with E-state index in [1.807, 2.05) is 42.5 Å². The Labute approximate surface area is 354 Å². The molecular weight excluding hydrogens is 802 g/mol. The maximum atomic E-state index is 12.6. The highest BCUT2D eigenvalue weighted by atomic mass is 31.2. The topological polar surface area (TPSA) is 216 Å². The largest absolute Gasteiger partial charge is 0.472 e. The molecule has 0 aliphatic heterocycles. The minimum atomic E-state index is -4.87. The number of carbonyl (C=O) groups excluding carboxylic acids is 2. The van der Waals surface area contributed by atoms with Gasteiger partial charge in [0.05, 0.1) is 25.9 Å². The van der Waals surface area contributed by atoms with Gasteiger partial charge in [0.1, 0.15) is 12.7 Å². The standard InChI is InChI=1S/C43H78O14P2/c1-4-6-24-30-39(44)31-26-21-17-13-8-7-9-15-19-23-28-33-43(47)57-41(37-56-59(51,52)55-35-40(45)34-54-58(48,49)50)36-53-42(46)32-27-22-18-14-11-10-12-16-20-25-29-38(3)5-2/h7-8,15,17,19,21,26,31,38-41,44-45H,4-6,9-14,16,18,20,22-25,27-30,32-37H2,1-3H3,(H,51,52)(H2,48,49,50)/b8-7-,19-15-,21-17-,31-26+/t38?,39-,40-,41+/m0/s1. The van der Waals surface area contributed by atoms with E-state index in [0.29, 0.717) is 19.3 Å². The average Bonchev–Trinajstić information content (AvgIpc) is 3.19. The van der Waals surface area contributed by atoms with Gasteiger partial charge < -0.3 is 34.4 Å². The summed E-state index contributed by atoms with van der Waals surface area (Å²) in [7, 11) is -9.71. The minimum Gasteiger partial charge on any atom is -0.462 e. The van der Waals surface area contributed by atoms with Gasteiger partial charge in [-0.3, -0.25) is 23.2 Å². The first kappa shape index (κ1) is 57.0. The summed E-state index contributed by atoms with van der Waals surface area (Å²) in [5.74, 6) is -0.306. The normalized spacial score (nSPS) is 15.6. The predicted octanol–water partition coefficient (Wildman–Crippen LogP) is 9.89. The van der Waals surface area contributed by atoms with Crippen molar-refractivity contribution in [3.05, 3.63) is 48.6 Å². The number of esters is 2. The van der Waals surface area contributed by atoms with Crippen molar-refractivity contribution in [1.29, 1.82) is 0 Å². The first-order valence-electron chi connectivity index (χ1n) is 21.8. The van der Waals surface area contributed by atoms with Crippen LogP contribution >= 0.6 is 15.6 Å². The molecule has 0 aromatic heterocycles. The van der Waals surface area contributed by atoms with Crippen LogP contribution in [-0.4, -0.2) is 81.6 Å². The number of carbonyl (C=O) groups is 2. The number of aliphatic hydroxyl groups excluding tert-OH is 2. The molecule has 16 heteroatoms. The van der Waals surface area contributed by atoms with E-state index in [0.717, 1.165) is 63.7 Å². The quantitative estimate of drug-likeness (QED) is 0.0127. The summed E-state index contributed by atoms with van der Waals surface area (Å²) in [6.45, 7) is 3.88. The maximum absolute atomic E-state index is 12.6. The molecule has 0 saturated heterocycles. The second-order valence-corrected chi connectivity index (χ2v) is 17.8. The number of aliphatic hydroxyl groups is 2. The molecule has 0 fully saturated rings. The van der Waals surface area contributed by atoms with Crippen molar-refractivity contribution in [2.24, 2.45) is 5.92 Å². The van der Waals surface area contributed by atoms with Crippen molar-refractivity contribution < 1.29 is 66.7 Å². The van der Waals surface area contributed by atoms with Gasteiger partial charge in [-0.15, -0.1) is 0 Å². The molecule has 0 heterocycles. The summed E-state index contributed by atoms with van der Waals surface area (Å²) >= 11 is 0. The fourth-order valence-corrected chi connectivity index (χ4v) is 6.76. The summed E-state index contributed by atoms with van der Waals surface area (Å²) in [6, 6.07) is 0. The van der Waals surface area contributed by atoms with E-state index >= 15 is 0 Å². The van der Waals surface area contributed by atoms with Gasteiger partial charge in [-0.05, 0) is 44.4 Å². The summed E-state index contributed by atoms with van der Waals surface area (Å²) in [6.07, 6.45) is 33.0. The van der Waals surface area contributed by atoms with Gasteiger partial charge in [0.2, 0.25) is 0 Å². The zero-order valence-electron chi connectivity index (χ0n) is 36.1. The first-order valence-corrected chi connectivity index (χ1v) is 24.9. The number of rotatable bonds is 40. The van der Waals surface area contributed by atoms with E-state index in [2.05, 4.69) is 29.8 Å². The van der Waals surface area contributed by atoms with Crippen LogP contribution in [0.25, 0.3) is 0 Å². The highest BCUT2D eigenvalue weighted by molar-refractivity contribution is 7.47. The molecule has 0 aromatic carbocycles. The van der Waals surface area contributed by atoms with Crippen LogP contribution in [0.5, 0.6) is 0 Å². The predicted molar refractivity (Wildman–Crippen MR) is 231 cm³/mol. The number of ether oxygens (including phenoxy) is 2. The molecule has 59 heavy (non-hydrogen) atoms. The fraction of sp³-hybridized carbons (Fsp3) is 0.767. The zero-order valence-corrected chi connectivity index (χ0v) is 37.9. The van der Waals surface area contributed by atoms with E-state index in [-0.39, 0.29) is 12.8 Å². The number of hydrogen-bond donors (Lipinski definition) is 5. The van der Waals surface area contributed by atoms with Gasteiger partial charge in [-0.2, -0.15) is 0 Å². The Balaban J connectivity index is 4.67. The van der Waals surface area contributed by atoms with Crippen molar-refractivity contribution >= 4 is 27.6 Å². The third-order valence-electron chi connectivity index (χ3n) is 9.36. The molecule has 0 aliphatic rings. The highest BCUT2D eigenvalue weighted by Crippen LogP contribution is 2.43. The van der Waals surface area contributed by atoms with Crippen molar-refractivity contribution in [2.45, 2.75) is 180 Å². The van der Waals surface area contributed by atoms with Crippen molar-refractivity contribution in [1.82, 2.24) is 0 Å². The van der Waals surface area contributed by atoms with Crippen LogP contribution in [0.3, 0.4) is 0 Å². The molecule has 0 spiro atoms. The average molecular weight is 881 g/mol. The van der Waals surface area contributed by atoms with Crippen molar-refractivity contribution in [3.8, 4) is 0 Å². The number of unbranched alkanes of at least 4 members (excludes halogenated alkanes) is 12. The van der Waals surface area contributed by atoms with Gasteiger partial charge in [0.15, 0.2) is 6.10 Å². The van der Waals surface area contributed by atoms with E-state index < -0.39 is 72.3 Å². The summed E-state index contributed by atoms with van der Waals surface area (Å²) in [4.78, 5) is 52.6. The Morgan fingerprint density at radius 2 is 1.17 bits per heavy atom. The molecule has 2 unspecified atom stereocenters. The zero-order chi connectivity index (χ0) is 44.0. The van der Waals surface area contributed by atoms with Crippen LogP contribution in [0.15, 0.2) is 48.6 Å². The van der Waals surface area contributed by atoms with E-state index in [4.69, 9.17) is 23.8 Å². The molecule has 14 nitrogen and oxygen atoms in total. The molecule has 0 saturated carbocycles. The number of phosphoric acid groups is 2. The highest BCUT2D eigenvalue weighted by Gasteiger charge is 2.28. The summed E-state index contributed by atoms with van der Waals surface area (Å²) < 4.78 is 47.7. The Morgan fingerprint density at radius 3 is 1.81 bits per heavy atom. The third kappa shape index (κ3) is 41.2. The van der Waals surface area contributed by atoms with Gasteiger partial charge in [0, 0.05) is 12.8 Å². The molecule has 0 rings (SSSR count). The Kier molecular flexibility index (Phi) is 36.5. The number of phosphoric ester groups is 2. The van der Waals surface area contributed by atoms with Gasteiger partial charge in [-0.1, -0.05) is 159 Å². The molecule has 5 atom stereocenters. The molecule has 0 amide bonds. The van der Waals surface area contributed by atoms with E-state index in [1.165, 1.54) is 51.4 Å². The molecule has 344 valence electrons. The molecule has 0 bridgehead atoms. The lowest BCUT2D eigenvalue weighted by atomic mass is 9.99.